The van der Waals surface area contributed by atoms with Gasteiger partial charge in [-0.2, -0.15) is 0 Å². The van der Waals surface area contributed by atoms with E-state index in [2.05, 4.69) is 5.32 Å². The van der Waals surface area contributed by atoms with Crippen LogP contribution in [0.2, 0.25) is 0 Å². The minimum absolute atomic E-state index is 0.114. The highest BCUT2D eigenvalue weighted by Gasteiger charge is 2.28. The molecule has 0 bridgehead atoms. The smallest absolute Gasteiger partial charge is 0.274 e. The summed E-state index contributed by atoms with van der Waals surface area (Å²) >= 11 is 0. The summed E-state index contributed by atoms with van der Waals surface area (Å²) in [6.45, 7) is 1.66. The minimum atomic E-state index is -0.559. The lowest BCUT2D eigenvalue weighted by molar-refractivity contribution is -0.385. The topological polar surface area (TPSA) is 102 Å². The van der Waals surface area contributed by atoms with Gasteiger partial charge >= 0.3 is 0 Å². The van der Waals surface area contributed by atoms with Gasteiger partial charge < -0.3 is 11.1 Å². The first kappa shape index (κ1) is 14.4. The molecule has 2 rings (SSSR count). The number of carbonyl (C=O) groups is 1. The van der Waals surface area contributed by atoms with Crippen molar-refractivity contribution in [2.24, 2.45) is 5.73 Å². The summed E-state index contributed by atoms with van der Waals surface area (Å²) in [5.74, 6) is -1.05. The van der Waals surface area contributed by atoms with Crippen molar-refractivity contribution in [2.45, 2.75) is 12.6 Å². The van der Waals surface area contributed by atoms with E-state index in [-0.39, 0.29) is 17.8 Å². The van der Waals surface area contributed by atoms with Crippen molar-refractivity contribution in [1.29, 1.82) is 0 Å². The number of rotatable bonds is 4. The molecule has 0 saturated carbocycles. The number of nitrogens with one attached hydrogen (secondary N) is 1. The molecule has 8 heteroatoms. The summed E-state index contributed by atoms with van der Waals surface area (Å²) in [7, 11) is 0. The Kier molecular flexibility index (Phi) is 4.26. The van der Waals surface area contributed by atoms with Gasteiger partial charge in [0.1, 0.15) is 11.9 Å². The van der Waals surface area contributed by atoms with E-state index in [9.17, 15) is 19.3 Å². The van der Waals surface area contributed by atoms with E-state index in [0.717, 1.165) is 18.2 Å². The molecule has 1 aliphatic heterocycles. The van der Waals surface area contributed by atoms with Gasteiger partial charge in [0.25, 0.3) is 5.69 Å². The van der Waals surface area contributed by atoms with E-state index in [4.69, 9.17) is 5.73 Å². The van der Waals surface area contributed by atoms with Crippen molar-refractivity contribution >= 4 is 11.6 Å². The Labute approximate surface area is 114 Å². The third kappa shape index (κ3) is 3.09. The molecule has 1 aliphatic rings. The molecule has 1 amide bonds. The summed E-state index contributed by atoms with van der Waals surface area (Å²) < 4.78 is 13.3. The summed E-state index contributed by atoms with van der Waals surface area (Å²) in [5.41, 5.74) is 5.39. The molecule has 3 N–H and O–H groups in total. The number of nitrogens with zero attached hydrogens (tertiary/aromatic N) is 2. The maximum atomic E-state index is 13.3. The highest BCUT2D eigenvalue weighted by Crippen LogP contribution is 2.22. The highest BCUT2D eigenvalue weighted by atomic mass is 19.1. The molecular weight excluding hydrogens is 267 g/mol. The van der Waals surface area contributed by atoms with E-state index in [1.54, 1.807) is 4.90 Å². The lowest BCUT2D eigenvalue weighted by Crippen LogP contribution is -2.56. The molecule has 1 fully saturated rings. The van der Waals surface area contributed by atoms with Crippen LogP contribution in [-0.4, -0.2) is 41.4 Å². The summed E-state index contributed by atoms with van der Waals surface area (Å²) in [4.78, 5) is 23.5. The summed E-state index contributed by atoms with van der Waals surface area (Å²) in [5, 5.41) is 14.0. The molecule has 1 heterocycles. The zero-order valence-electron chi connectivity index (χ0n) is 10.7. The van der Waals surface area contributed by atoms with Crippen LogP contribution in [-0.2, 0) is 11.3 Å². The van der Waals surface area contributed by atoms with Crippen molar-refractivity contribution in [3.8, 4) is 0 Å². The van der Waals surface area contributed by atoms with Crippen LogP contribution in [0.1, 0.15) is 5.56 Å². The van der Waals surface area contributed by atoms with Gasteiger partial charge in [-0.25, -0.2) is 4.39 Å². The van der Waals surface area contributed by atoms with Crippen LogP contribution in [0.3, 0.4) is 0 Å². The summed E-state index contributed by atoms with van der Waals surface area (Å²) in [6, 6.07) is 2.75. The largest absolute Gasteiger partial charge is 0.368 e. The lowest BCUT2D eigenvalue weighted by Gasteiger charge is -2.33. The van der Waals surface area contributed by atoms with Crippen molar-refractivity contribution in [3.05, 3.63) is 39.7 Å². The number of primary amides is 1. The Morgan fingerprint density at radius 1 is 1.60 bits per heavy atom. The molecule has 1 unspecified atom stereocenters. The van der Waals surface area contributed by atoms with Crippen LogP contribution in [0.15, 0.2) is 18.2 Å². The number of halogens is 1. The molecule has 1 aromatic rings. The number of piperazine rings is 1. The Hall–Kier alpha value is -2.06. The Balaban J connectivity index is 2.25. The normalized spacial score (nSPS) is 19.8. The number of nitrogens with two attached hydrogens (primary N) is 1. The second kappa shape index (κ2) is 5.93. The molecule has 0 radical (unpaired) electrons. The summed E-state index contributed by atoms with van der Waals surface area (Å²) in [6.07, 6.45) is 0. The second-order valence-corrected chi connectivity index (χ2v) is 4.62. The maximum absolute atomic E-state index is 13.3. The Morgan fingerprint density at radius 2 is 2.35 bits per heavy atom. The van der Waals surface area contributed by atoms with Crippen molar-refractivity contribution in [2.75, 3.05) is 19.6 Å². The average molecular weight is 282 g/mol. The van der Waals surface area contributed by atoms with Crippen LogP contribution in [0.25, 0.3) is 0 Å². The second-order valence-electron chi connectivity index (χ2n) is 4.62. The van der Waals surface area contributed by atoms with E-state index in [1.165, 1.54) is 0 Å². The predicted octanol–water partition coefficient (Wildman–Crippen LogP) is -0.00700. The quantitative estimate of drug-likeness (QED) is 0.597. The number of benzene rings is 1. The molecule has 1 aromatic carbocycles. The first-order valence-electron chi connectivity index (χ1n) is 6.16. The molecule has 108 valence electrons. The van der Waals surface area contributed by atoms with Crippen LogP contribution in [0, 0.1) is 15.9 Å². The maximum Gasteiger partial charge on any atom is 0.274 e. The van der Waals surface area contributed by atoms with E-state index < -0.39 is 22.7 Å². The van der Waals surface area contributed by atoms with Gasteiger partial charge in [-0.1, -0.05) is 0 Å². The number of hydrogen-bond acceptors (Lipinski definition) is 5. The standard InChI is InChI=1S/C12H15FN4O3/c13-9-1-2-10(17(19)20)8(5-9)7-16-4-3-15-6-11(16)12(14)18/h1-2,5,11,15H,3-4,6-7H2,(H2,14,18). The predicted molar refractivity (Wildman–Crippen MR) is 69.3 cm³/mol. The molecule has 0 aliphatic carbocycles. The van der Waals surface area contributed by atoms with E-state index in [1.807, 2.05) is 0 Å². The first-order valence-corrected chi connectivity index (χ1v) is 6.16. The molecular formula is C12H15FN4O3. The van der Waals surface area contributed by atoms with Crippen molar-refractivity contribution in [1.82, 2.24) is 10.2 Å². The van der Waals surface area contributed by atoms with Crippen molar-refractivity contribution in [3.63, 3.8) is 0 Å². The van der Waals surface area contributed by atoms with Crippen LogP contribution in [0.5, 0.6) is 0 Å². The molecule has 1 atom stereocenters. The molecule has 7 nitrogen and oxygen atoms in total. The molecule has 0 spiro atoms. The fourth-order valence-corrected chi connectivity index (χ4v) is 2.29. The Morgan fingerprint density at radius 3 is 3.00 bits per heavy atom. The fraction of sp³-hybridized carbons (Fsp3) is 0.417. The molecule has 20 heavy (non-hydrogen) atoms. The monoisotopic (exact) mass is 282 g/mol. The van der Waals surface area contributed by atoms with Crippen LogP contribution < -0.4 is 11.1 Å². The van der Waals surface area contributed by atoms with Gasteiger partial charge in [-0.3, -0.25) is 19.8 Å². The number of carbonyl (C=O) groups excluding carboxylic acids is 1. The molecule has 1 saturated heterocycles. The SMILES string of the molecule is NC(=O)C1CNCCN1Cc1cc(F)ccc1[N+](=O)[O-]. The van der Waals surface area contributed by atoms with Gasteiger partial charge in [0.15, 0.2) is 0 Å². The number of hydrogen-bond donors (Lipinski definition) is 2. The van der Waals surface area contributed by atoms with Gasteiger partial charge in [0.2, 0.25) is 5.91 Å². The minimum Gasteiger partial charge on any atom is -0.368 e. The number of amides is 1. The third-order valence-electron chi connectivity index (χ3n) is 3.29. The van der Waals surface area contributed by atoms with Crippen LogP contribution in [0.4, 0.5) is 10.1 Å². The van der Waals surface area contributed by atoms with Gasteiger partial charge in [-0.15, -0.1) is 0 Å². The van der Waals surface area contributed by atoms with Gasteiger partial charge in [-0.05, 0) is 12.1 Å². The Bertz CT molecular complexity index is 537. The molecule has 0 aromatic heterocycles. The first-order chi connectivity index (χ1) is 9.49. The zero-order chi connectivity index (χ0) is 14.7. The third-order valence-corrected chi connectivity index (χ3v) is 3.29. The number of nitro benzene ring substituents is 1. The zero-order valence-corrected chi connectivity index (χ0v) is 10.7. The van der Waals surface area contributed by atoms with Crippen molar-refractivity contribution < 1.29 is 14.1 Å². The van der Waals surface area contributed by atoms with Gasteiger partial charge in [0, 0.05) is 37.8 Å². The lowest BCUT2D eigenvalue weighted by atomic mass is 10.1. The van der Waals surface area contributed by atoms with Crippen LogP contribution >= 0.6 is 0 Å². The number of nitro groups is 1. The van der Waals surface area contributed by atoms with E-state index in [0.29, 0.717) is 19.6 Å². The highest BCUT2D eigenvalue weighted by molar-refractivity contribution is 5.80. The van der Waals surface area contributed by atoms with Gasteiger partial charge in [0.05, 0.1) is 4.92 Å². The average Bonchev–Trinajstić information content (AvgIpc) is 2.38. The van der Waals surface area contributed by atoms with E-state index >= 15 is 0 Å². The fourth-order valence-electron chi connectivity index (χ4n) is 2.29.